The summed E-state index contributed by atoms with van der Waals surface area (Å²) in [5.74, 6) is -0.398. The van der Waals surface area contributed by atoms with E-state index >= 15 is 0 Å². The van der Waals surface area contributed by atoms with E-state index in [9.17, 15) is 9.59 Å². The molecule has 1 aliphatic rings. The van der Waals surface area contributed by atoms with Gasteiger partial charge in [0.15, 0.2) is 5.17 Å². The van der Waals surface area contributed by atoms with Crippen molar-refractivity contribution in [1.82, 2.24) is 4.90 Å². The second-order valence-electron chi connectivity index (χ2n) is 4.42. The first kappa shape index (κ1) is 16.1. The van der Waals surface area contributed by atoms with Crippen molar-refractivity contribution in [2.24, 2.45) is 4.99 Å². The Kier molecular flexibility index (Phi) is 5.13. The lowest BCUT2D eigenvalue weighted by atomic mass is 10.2. The highest BCUT2D eigenvalue weighted by Gasteiger charge is 2.36. The van der Waals surface area contributed by atoms with Crippen LogP contribution in [0.2, 0.25) is 10.0 Å². The molecule has 0 saturated carbocycles. The molecule has 1 N–H and O–H groups in total. The predicted octanol–water partition coefficient (Wildman–Crippen LogP) is 2.88. The van der Waals surface area contributed by atoms with Crippen molar-refractivity contribution in [3.05, 3.63) is 28.2 Å². The predicted molar refractivity (Wildman–Crippen MR) is 87.2 cm³/mol. The lowest BCUT2D eigenvalue weighted by Crippen LogP contribution is -2.30. The van der Waals surface area contributed by atoms with Gasteiger partial charge in [0.2, 0.25) is 11.8 Å². The van der Waals surface area contributed by atoms with Crippen LogP contribution in [-0.4, -0.2) is 41.2 Å². The van der Waals surface area contributed by atoms with Crippen LogP contribution < -0.4 is 5.32 Å². The Morgan fingerprint density at radius 2 is 2.00 bits per heavy atom. The van der Waals surface area contributed by atoms with Crippen molar-refractivity contribution in [2.45, 2.75) is 11.7 Å². The first-order valence-corrected chi connectivity index (χ1v) is 7.71. The quantitative estimate of drug-likeness (QED) is 0.915. The van der Waals surface area contributed by atoms with Crippen LogP contribution in [0.1, 0.15) is 6.42 Å². The molecule has 1 fully saturated rings. The molecule has 21 heavy (non-hydrogen) atoms. The molecule has 1 aliphatic heterocycles. The summed E-state index contributed by atoms with van der Waals surface area (Å²) in [4.78, 5) is 29.4. The highest BCUT2D eigenvalue weighted by atomic mass is 35.5. The Morgan fingerprint density at radius 1 is 1.38 bits per heavy atom. The van der Waals surface area contributed by atoms with Crippen LogP contribution in [0.5, 0.6) is 0 Å². The van der Waals surface area contributed by atoms with Gasteiger partial charge in [-0.2, -0.15) is 0 Å². The first-order chi connectivity index (χ1) is 9.90. The number of nitrogens with one attached hydrogen (secondary N) is 1. The van der Waals surface area contributed by atoms with Gasteiger partial charge in [-0.15, -0.1) is 0 Å². The van der Waals surface area contributed by atoms with Gasteiger partial charge in [-0.05, 0) is 18.2 Å². The molecule has 8 heteroatoms. The maximum Gasteiger partial charge on any atom is 0.242 e. The number of rotatable bonds is 3. The molecular formula is C13H13Cl2N3O2S. The molecule has 0 radical (unpaired) electrons. The van der Waals surface area contributed by atoms with E-state index in [4.69, 9.17) is 23.2 Å². The molecule has 1 heterocycles. The molecule has 1 saturated heterocycles. The molecule has 2 rings (SSSR count). The third-order valence-electron chi connectivity index (χ3n) is 2.85. The Balaban J connectivity index is 2.01. The number of hydrogen-bond acceptors (Lipinski definition) is 4. The summed E-state index contributed by atoms with van der Waals surface area (Å²) < 4.78 is 0. The summed E-state index contributed by atoms with van der Waals surface area (Å²) in [5.41, 5.74) is 0.505. The molecule has 1 aromatic carbocycles. The minimum atomic E-state index is -0.455. The molecule has 0 spiro atoms. The van der Waals surface area contributed by atoms with Gasteiger partial charge >= 0.3 is 0 Å². The van der Waals surface area contributed by atoms with Gasteiger partial charge in [-0.3, -0.25) is 19.5 Å². The Morgan fingerprint density at radius 3 is 2.52 bits per heavy atom. The molecule has 112 valence electrons. The van der Waals surface area contributed by atoms with Crippen molar-refractivity contribution in [3.8, 4) is 0 Å². The van der Waals surface area contributed by atoms with Crippen molar-refractivity contribution in [3.63, 3.8) is 0 Å². The topological polar surface area (TPSA) is 61.8 Å². The lowest BCUT2D eigenvalue weighted by Gasteiger charge is -2.09. The Bertz CT molecular complexity index is 601. The van der Waals surface area contributed by atoms with Crippen molar-refractivity contribution in [2.75, 3.05) is 19.4 Å². The van der Waals surface area contributed by atoms with E-state index in [0.29, 0.717) is 20.9 Å². The summed E-state index contributed by atoms with van der Waals surface area (Å²) in [6.07, 6.45) is 0.0665. The fraction of sp³-hybridized carbons (Fsp3) is 0.308. The van der Waals surface area contributed by atoms with Crippen LogP contribution in [0, 0.1) is 0 Å². The van der Waals surface area contributed by atoms with E-state index in [1.165, 1.54) is 16.7 Å². The normalized spacial score (nSPS) is 20.2. The summed E-state index contributed by atoms with van der Waals surface area (Å²) in [6.45, 7) is 0. The third kappa shape index (κ3) is 3.90. The fourth-order valence-electron chi connectivity index (χ4n) is 1.91. The van der Waals surface area contributed by atoms with Gasteiger partial charge in [0.25, 0.3) is 0 Å². The monoisotopic (exact) mass is 345 g/mol. The molecule has 1 aromatic rings. The molecule has 1 unspecified atom stereocenters. The number of amides is 2. The van der Waals surface area contributed by atoms with Crippen LogP contribution in [0.3, 0.4) is 0 Å². The first-order valence-electron chi connectivity index (χ1n) is 6.07. The van der Waals surface area contributed by atoms with Crippen molar-refractivity contribution in [1.29, 1.82) is 0 Å². The van der Waals surface area contributed by atoms with Crippen molar-refractivity contribution >= 4 is 57.6 Å². The molecule has 1 atom stereocenters. The number of carbonyl (C=O) groups excluding carboxylic acids is 2. The molecule has 0 aromatic heterocycles. The third-order valence-corrected chi connectivity index (χ3v) is 4.61. The van der Waals surface area contributed by atoms with Gasteiger partial charge in [0.05, 0.1) is 0 Å². The zero-order valence-corrected chi connectivity index (χ0v) is 13.7. The number of nitrogens with zero attached hydrogens (tertiary/aromatic N) is 2. The number of benzene rings is 1. The average Bonchev–Trinajstić information content (AvgIpc) is 2.65. The summed E-state index contributed by atoms with van der Waals surface area (Å²) in [6, 6.07) is 4.77. The second kappa shape index (κ2) is 6.68. The number of thioether (sulfide) groups is 1. The Labute approximate surface area is 136 Å². The molecular weight excluding hydrogens is 333 g/mol. The standard InChI is InChI=1S/C13H13Cl2N3O2S/c1-16-13-18(2)12(20)10(21-13)6-11(19)17-9-4-7(14)3-8(15)5-9/h3-5,10H,6H2,1-2H3,(H,17,19). The zero-order valence-electron chi connectivity index (χ0n) is 11.4. The molecule has 5 nitrogen and oxygen atoms in total. The minimum absolute atomic E-state index is 0.0665. The lowest BCUT2D eigenvalue weighted by molar-refractivity contribution is -0.127. The summed E-state index contributed by atoms with van der Waals surface area (Å²) in [5, 5.41) is 3.72. The number of anilines is 1. The van der Waals surface area contributed by atoms with Gasteiger partial charge in [0, 0.05) is 36.2 Å². The van der Waals surface area contributed by atoms with Gasteiger partial charge in [-0.25, -0.2) is 0 Å². The van der Waals surface area contributed by atoms with Crippen molar-refractivity contribution < 1.29 is 9.59 Å². The highest BCUT2D eigenvalue weighted by molar-refractivity contribution is 8.15. The van der Waals surface area contributed by atoms with E-state index in [1.807, 2.05) is 0 Å². The van der Waals surface area contributed by atoms with Gasteiger partial charge in [-0.1, -0.05) is 35.0 Å². The number of amidine groups is 1. The van der Waals surface area contributed by atoms with Crippen LogP contribution in [0.25, 0.3) is 0 Å². The zero-order chi connectivity index (χ0) is 15.6. The van der Waals surface area contributed by atoms with E-state index in [1.54, 1.807) is 32.3 Å². The van der Waals surface area contributed by atoms with Crippen LogP contribution in [-0.2, 0) is 9.59 Å². The largest absolute Gasteiger partial charge is 0.326 e. The van der Waals surface area contributed by atoms with Gasteiger partial charge in [0.1, 0.15) is 5.25 Å². The maximum atomic E-state index is 12.0. The Hall–Kier alpha value is -1.24. The smallest absolute Gasteiger partial charge is 0.242 e. The van der Waals surface area contributed by atoms with E-state index < -0.39 is 5.25 Å². The molecule has 0 aliphatic carbocycles. The van der Waals surface area contributed by atoms with E-state index in [2.05, 4.69) is 10.3 Å². The number of hydrogen-bond donors (Lipinski definition) is 1. The fourth-order valence-corrected chi connectivity index (χ4v) is 3.53. The number of carbonyl (C=O) groups is 2. The van der Waals surface area contributed by atoms with Crippen LogP contribution >= 0.6 is 35.0 Å². The average molecular weight is 346 g/mol. The second-order valence-corrected chi connectivity index (χ2v) is 6.46. The highest BCUT2D eigenvalue weighted by Crippen LogP contribution is 2.29. The van der Waals surface area contributed by atoms with E-state index in [-0.39, 0.29) is 18.2 Å². The summed E-state index contributed by atoms with van der Waals surface area (Å²) >= 11 is 13.0. The minimum Gasteiger partial charge on any atom is -0.326 e. The number of aliphatic imine (C=N–C) groups is 1. The molecule has 2 amide bonds. The van der Waals surface area contributed by atoms with Gasteiger partial charge < -0.3 is 5.32 Å². The SMILES string of the molecule is CN=C1SC(CC(=O)Nc2cc(Cl)cc(Cl)c2)C(=O)N1C. The maximum absolute atomic E-state index is 12.0. The van der Waals surface area contributed by atoms with Crippen LogP contribution in [0.15, 0.2) is 23.2 Å². The number of halogens is 2. The van der Waals surface area contributed by atoms with Crippen LogP contribution in [0.4, 0.5) is 5.69 Å². The van der Waals surface area contributed by atoms with E-state index in [0.717, 1.165) is 0 Å². The summed E-state index contributed by atoms with van der Waals surface area (Å²) in [7, 11) is 3.26. The molecule has 0 bridgehead atoms.